The fourth-order valence-corrected chi connectivity index (χ4v) is 1.62. The van der Waals surface area contributed by atoms with Crippen molar-refractivity contribution in [3.8, 4) is 0 Å². The average Bonchev–Trinajstić information content (AvgIpc) is 2.32. The van der Waals surface area contributed by atoms with Crippen molar-refractivity contribution in [2.45, 2.75) is 0 Å². The normalized spacial score (nSPS) is 18.4. The van der Waals surface area contributed by atoms with E-state index in [0.29, 0.717) is 5.95 Å². The van der Waals surface area contributed by atoms with Crippen LogP contribution in [0.2, 0.25) is 0 Å². The maximum Gasteiger partial charge on any atom is 0.224 e. The van der Waals surface area contributed by atoms with Gasteiger partial charge in [-0.1, -0.05) is 0 Å². The van der Waals surface area contributed by atoms with Gasteiger partial charge in [-0.15, -0.1) is 0 Å². The summed E-state index contributed by atoms with van der Waals surface area (Å²) in [5, 5.41) is 5.10. The highest BCUT2D eigenvalue weighted by atomic mass is 15.5. The van der Waals surface area contributed by atoms with E-state index in [2.05, 4.69) is 37.7 Å². The minimum Gasteiger partial charge on any atom is -0.357 e. The highest BCUT2D eigenvalue weighted by Crippen LogP contribution is 2.07. The number of hydrazine groups is 1. The molecule has 0 radical (unpaired) electrons. The predicted octanol–water partition coefficient (Wildman–Crippen LogP) is 0.0926. The summed E-state index contributed by atoms with van der Waals surface area (Å²) in [5.74, 6) is 1.48. The first-order valence-electron chi connectivity index (χ1n) is 5.49. The molecule has 1 aromatic heterocycles. The first-order chi connectivity index (χ1) is 7.78. The Morgan fingerprint density at radius 1 is 1.25 bits per heavy atom. The van der Waals surface area contributed by atoms with Gasteiger partial charge in [0.1, 0.15) is 5.82 Å². The molecule has 0 spiro atoms. The van der Waals surface area contributed by atoms with Crippen LogP contribution in [0.1, 0.15) is 0 Å². The van der Waals surface area contributed by atoms with Crippen molar-refractivity contribution in [3.63, 3.8) is 0 Å². The third-order valence-corrected chi connectivity index (χ3v) is 2.66. The van der Waals surface area contributed by atoms with E-state index in [1.54, 1.807) is 6.20 Å². The van der Waals surface area contributed by atoms with Gasteiger partial charge in [0.25, 0.3) is 0 Å². The van der Waals surface area contributed by atoms with Crippen molar-refractivity contribution < 1.29 is 0 Å². The molecule has 2 heterocycles. The third-order valence-electron chi connectivity index (χ3n) is 2.66. The molecule has 2 rings (SSSR count). The summed E-state index contributed by atoms with van der Waals surface area (Å²) in [5.41, 5.74) is 3.29. The highest BCUT2D eigenvalue weighted by Gasteiger charge is 2.13. The van der Waals surface area contributed by atoms with Crippen molar-refractivity contribution in [2.24, 2.45) is 0 Å². The molecule has 0 bridgehead atoms. The molecular weight excluding hydrogens is 204 g/mol. The fourth-order valence-electron chi connectivity index (χ4n) is 1.62. The molecule has 2 N–H and O–H groups in total. The highest BCUT2D eigenvalue weighted by molar-refractivity contribution is 5.38. The van der Waals surface area contributed by atoms with Gasteiger partial charge in [-0.05, 0) is 7.05 Å². The minimum absolute atomic E-state index is 0.638. The van der Waals surface area contributed by atoms with Crippen LogP contribution in [0, 0.1) is 0 Å². The standard InChI is InChI=1S/C10H18N6/c1-11-10-12-4-3-9(13-10)14-16-7-5-15(2)6-8-16/h3-4H,5-8H2,1-2H3,(H2,11,12,13,14). The summed E-state index contributed by atoms with van der Waals surface area (Å²) in [6.45, 7) is 4.18. The Bertz CT molecular complexity index is 334. The molecule has 0 unspecified atom stereocenters. The molecule has 6 nitrogen and oxygen atoms in total. The van der Waals surface area contributed by atoms with Gasteiger partial charge in [0.15, 0.2) is 0 Å². The van der Waals surface area contributed by atoms with Gasteiger partial charge in [-0.25, -0.2) is 9.99 Å². The van der Waals surface area contributed by atoms with Crippen LogP contribution < -0.4 is 10.7 Å². The Labute approximate surface area is 95.6 Å². The summed E-state index contributed by atoms with van der Waals surface area (Å²) in [6.07, 6.45) is 1.75. The van der Waals surface area contributed by atoms with Crippen LogP contribution in [0.25, 0.3) is 0 Å². The van der Waals surface area contributed by atoms with E-state index in [1.165, 1.54) is 0 Å². The minimum atomic E-state index is 0.638. The maximum absolute atomic E-state index is 4.32. The third kappa shape index (κ3) is 2.80. The van der Waals surface area contributed by atoms with Gasteiger partial charge >= 0.3 is 0 Å². The van der Waals surface area contributed by atoms with Crippen molar-refractivity contribution in [2.75, 3.05) is 51.0 Å². The zero-order valence-electron chi connectivity index (χ0n) is 9.77. The summed E-state index contributed by atoms with van der Waals surface area (Å²) >= 11 is 0. The molecule has 1 fully saturated rings. The number of nitrogens with one attached hydrogen (secondary N) is 2. The summed E-state index contributed by atoms with van der Waals surface area (Å²) in [6, 6.07) is 1.87. The number of nitrogens with zero attached hydrogens (tertiary/aromatic N) is 4. The molecule has 88 valence electrons. The number of rotatable bonds is 3. The lowest BCUT2D eigenvalue weighted by Gasteiger charge is -2.32. The van der Waals surface area contributed by atoms with Gasteiger partial charge in [-0.2, -0.15) is 4.98 Å². The Morgan fingerprint density at radius 2 is 2.00 bits per heavy atom. The van der Waals surface area contributed by atoms with Crippen LogP contribution in [-0.2, 0) is 0 Å². The number of anilines is 2. The zero-order chi connectivity index (χ0) is 11.4. The van der Waals surface area contributed by atoms with Crippen molar-refractivity contribution >= 4 is 11.8 Å². The molecule has 1 aliphatic heterocycles. The lowest BCUT2D eigenvalue weighted by Crippen LogP contribution is -2.47. The van der Waals surface area contributed by atoms with Crippen LogP contribution in [0.3, 0.4) is 0 Å². The monoisotopic (exact) mass is 222 g/mol. The maximum atomic E-state index is 4.32. The first kappa shape index (κ1) is 11.1. The summed E-state index contributed by atoms with van der Waals surface area (Å²) in [7, 11) is 3.95. The second-order valence-corrected chi connectivity index (χ2v) is 3.92. The predicted molar refractivity (Wildman–Crippen MR) is 64.3 cm³/mol. The summed E-state index contributed by atoms with van der Waals surface area (Å²) < 4.78 is 0. The summed E-state index contributed by atoms with van der Waals surface area (Å²) in [4.78, 5) is 10.7. The van der Waals surface area contributed by atoms with Gasteiger partial charge in [0.05, 0.1) is 0 Å². The van der Waals surface area contributed by atoms with E-state index in [9.17, 15) is 0 Å². The molecule has 0 amide bonds. The molecule has 0 atom stereocenters. The lowest BCUT2D eigenvalue weighted by molar-refractivity contribution is 0.178. The number of aromatic nitrogens is 2. The molecule has 1 aromatic rings. The number of hydrogen-bond donors (Lipinski definition) is 2. The fraction of sp³-hybridized carbons (Fsp3) is 0.600. The van der Waals surface area contributed by atoms with E-state index in [1.807, 2.05) is 13.1 Å². The molecule has 16 heavy (non-hydrogen) atoms. The van der Waals surface area contributed by atoms with Gasteiger partial charge in [-0.3, -0.25) is 0 Å². The quantitative estimate of drug-likeness (QED) is 0.756. The molecule has 1 saturated heterocycles. The number of hydrogen-bond acceptors (Lipinski definition) is 6. The van der Waals surface area contributed by atoms with Crippen molar-refractivity contribution in [1.82, 2.24) is 19.9 Å². The Balaban J connectivity index is 1.93. The van der Waals surface area contributed by atoms with Crippen LogP contribution >= 0.6 is 0 Å². The van der Waals surface area contributed by atoms with Gasteiger partial charge < -0.3 is 15.6 Å². The topological polar surface area (TPSA) is 56.3 Å². The van der Waals surface area contributed by atoms with Crippen LogP contribution in [0.5, 0.6) is 0 Å². The van der Waals surface area contributed by atoms with E-state index < -0.39 is 0 Å². The van der Waals surface area contributed by atoms with Crippen LogP contribution in [0.4, 0.5) is 11.8 Å². The number of piperazine rings is 1. The molecular formula is C10H18N6. The van der Waals surface area contributed by atoms with E-state index in [4.69, 9.17) is 0 Å². The second-order valence-electron chi connectivity index (χ2n) is 3.92. The van der Waals surface area contributed by atoms with E-state index in [-0.39, 0.29) is 0 Å². The molecule has 0 aromatic carbocycles. The Hall–Kier alpha value is -1.40. The Kier molecular flexibility index (Phi) is 3.53. The first-order valence-corrected chi connectivity index (χ1v) is 5.49. The second kappa shape index (κ2) is 5.09. The zero-order valence-corrected chi connectivity index (χ0v) is 9.77. The largest absolute Gasteiger partial charge is 0.357 e. The molecule has 6 heteroatoms. The van der Waals surface area contributed by atoms with E-state index in [0.717, 1.165) is 32.0 Å². The van der Waals surface area contributed by atoms with Crippen molar-refractivity contribution in [3.05, 3.63) is 12.3 Å². The molecule has 1 aliphatic rings. The Morgan fingerprint density at radius 3 is 2.69 bits per heavy atom. The SMILES string of the molecule is CNc1nccc(NN2CCN(C)CC2)n1. The van der Waals surface area contributed by atoms with Gasteiger partial charge in [0, 0.05) is 45.5 Å². The molecule has 0 aliphatic carbocycles. The van der Waals surface area contributed by atoms with Crippen LogP contribution in [-0.4, -0.2) is 60.2 Å². The molecule has 0 saturated carbocycles. The van der Waals surface area contributed by atoms with Crippen LogP contribution in [0.15, 0.2) is 12.3 Å². The van der Waals surface area contributed by atoms with Crippen molar-refractivity contribution in [1.29, 1.82) is 0 Å². The average molecular weight is 222 g/mol. The van der Waals surface area contributed by atoms with Gasteiger partial charge in [0.2, 0.25) is 5.95 Å². The smallest absolute Gasteiger partial charge is 0.224 e. The lowest BCUT2D eigenvalue weighted by atomic mass is 10.4. The number of likely N-dealkylation sites (N-methyl/N-ethyl adjacent to an activating group) is 1. The van der Waals surface area contributed by atoms with E-state index >= 15 is 0 Å².